The Hall–Kier alpha value is -1.46. The molecule has 3 nitrogen and oxygen atoms in total. The van der Waals surface area contributed by atoms with Crippen molar-refractivity contribution in [3.8, 4) is 0 Å². The van der Waals surface area contributed by atoms with Crippen LogP contribution in [0.15, 0.2) is 41.0 Å². The summed E-state index contributed by atoms with van der Waals surface area (Å²) in [5.41, 5.74) is 0.586. The van der Waals surface area contributed by atoms with Gasteiger partial charge in [-0.2, -0.15) is 0 Å². The number of hydrogen-bond acceptors (Lipinski definition) is 2. The molecule has 1 heterocycles. The van der Waals surface area contributed by atoms with Crippen LogP contribution in [0.3, 0.4) is 0 Å². The van der Waals surface area contributed by atoms with E-state index in [1.807, 2.05) is 0 Å². The van der Waals surface area contributed by atoms with Crippen molar-refractivity contribution in [2.45, 2.75) is 0 Å². The topological polar surface area (TPSA) is 42.0 Å². The van der Waals surface area contributed by atoms with Gasteiger partial charge in [0.25, 0.3) is 5.91 Å². The SMILES string of the molecule is O=C(Nc1ccc(Br)cc1)c1cc(F)cnc1Cl. The van der Waals surface area contributed by atoms with E-state index in [1.54, 1.807) is 24.3 Å². The summed E-state index contributed by atoms with van der Waals surface area (Å²) in [6.45, 7) is 0. The lowest BCUT2D eigenvalue weighted by Crippen LogP contribution is -2.13. The second-order valence-electron chi connectivity index (χ2n) is 3.45. The first-order valence-electron chi connectivity index (χ1n) is 4.94. The fraction of sp³-hybridized carbons (Fsp3) is 0. The molecule has 0 aliphatic carbocycles. The van der Waals surface area contributed by atoms with Gasteiger partial charge in [0.2, 0.25) is 0 Å². The zero-order valence-electron chi connectivity index (χ0n) is 8.95. The number of rotatable bonds is 2. The monoisotopic (exact) mass is 328 g/mol. The standard InChI is InChI=1S/C12H7BrClFN2O/c13-7-1-3-9(4-2-7)17-12(18)10-5-8(15)6-16-11(10)14/h1-6H,(H,17,18). The molecule has 92 valence electrons. The van der Waals surface area contributed by atoms with E-state index in [4.69, 9.17) is 11.6 Å². The quantitative estimate of drug-likeness (QED) is 0.849. The largest absolute Gasteiger partial charge is 0.322 e. The summed E-state index contributed by atoms with van der Waals surface area (Å²) in [4.78, 5) is 15.4. The molecule has 1 aromatic heterocycles. The predicted molar refractivity (Wildman–Crippen MR) is 71.3 cm³/mol. The summed E-state index contributed by atoms with van der Waals surface area (Å²) >= 11 is 9.02. The van der Waals surface area contributed by atoms with E-state index in [0.29, 0.717) is 5.69 Å². The van der Waals surface area contributed by atoms with Gasteiger partial charge in [-0.25, -0.2) is 9.37 Å². The predicted octanol–water partition coefficient (Wildman–Crippen LogP) is 3.89. The molecule has 1 amide bonds. The summed E-state index contributed by atoms with van der Waals surface area (Å²) < 4.78 is 13.9. The van der Waals surface area contributed by atoms with Crippen LogP contribution < -0.4 is 5.32 Å². The molecular formula is C12H7BrClFN2O. The maximum Gasteiger partial charge on any atom is 0.258 e. The normalized spacial score (nSPS) is 10.2. The minimum Gasteiger partial charge on any atom is -0.322 e. The number of anilines is 1. The lowest BCUT2D eigenvalue weighted by Gasteiger charge is -2.06. The summed E-state index contributed by atoms with van der Waals surface area (Å²) in [5.74, 6) is -1.12. The number of benzene rings is 1. The summed E-state index contributed by atoms with van der Waals surface area (Å²) in [7, 11) is 0. The average molecular weight is 330 g/mol. The number of amides is 1. The van der Waals surface area contributed by atoms with Crippen LogP contribution in [0.2, 0.25) is 5.15 Å². The van der Waals surface area contributed by atoms with Gasteiger partial charge in [-0.15, -0.1) is 0 Å². The molecule has 0 atom stereocenters. The van der Waals surface area contributed by atoms with Crippen LogP contribution >= 0.6 is 27.5 Å². The van der Waals surface area contributed by atoms with Crippen molar-refractivity contribution < 1.29 is 9.18 Å². The van der Waals surface area contributed by atoms with Crippen LogP contribution in [0, 0.1) is 5.82 Å². The molecule has 6 heteroatoms. The molecule has 0 spiro atoms. The Morgan fingerprint density at radius 1 is 1.33 bits per heavy atom. The smallest absolute Gasteiger partial charge is 0.258 e. The molecule has 18 heavy (non-hydrogen) atoms. The van der Waals surface area contributed by atoms with E-state index in [-0.39, 0.29) is 10.7 Å². The first-order valence-corrected chi connectivity index (χ1v) is 6.11. The summed E-state index contributed by atoms with van der Waals surface area (Å²) in [5, 5.41) is 2.57. The van der Waals surface area contributed by atoms with Crippen LogP contribution in [0.25, 0.3) is 0 Å². The van der Waals surface area contributed by atoms with Crippen molar-refractivity contribution in [3.63, 3.8) is 0 Å². The molecular weight excluding hydrogens is 322 g/mol. The van der Waals surface area contributed by atoms with Gasteiger partial charge in [0, 0.05) is 10.2 Å². The average Bonchev–Trinajstić information content (AvgIpc) is 2.35. The second-order valence-corrected chi connectivity index (χ2v) is 4.73. The molecule has 0 aliphatic rings. The number of nitrogens with one attached hydrogen (secondary N) is 1. The minimum absolute atomic E-state index is 0.000384. The number of aromatic nitrogens is 1. The molecule has 2 rings (SSSR count). The van der Waals surface area contributed by atoms with Crippen LogP contribution in [0.4, 0.5) is 10.1 Å². The fourth-order valence-corrected chi connectivity index (χ4v) is 1.77. The van der Waals surface area contributed by atoms with E-state index < -0.39 is 11.7 Å². The van der Waals surface area contributed by atoms with Crippen LogP contribution in [-0.2, 0) is 0 Å². The number of carbonyl (C=O) groups is 1. The highest BCUT2D eigenvalue weighted by Gasteiger charge is 2.12. The Morgan fingerprint density at radius 3 is 2.67 bits per heavy atom. The lowest BCUT2D eigenvalue weighted by atomic mass is 10.2. The van der Waals surface area contributed by atoms with Gasteiger partial charge in [-0.05, 0) is 30.3 Å². The molecule has 0 saturated carbocycles. The molecule has 1 N–H and O–H groups in total. The van der Waals surface area contributed by atoms with Crippen LogP contribution in [0.1, 0.15) is 10.4 Å². The zero-order chi connectivity index (χ0) is 13.1. The number of pyridine rings is 1. The van der Waals surface area contributed by atoms with Gasteiger partial charge < -0.3 is 5.32 Å². The molecule has 1 aromatic carbocycles. The Balaban J connectivity index is 2.21. The molecule has 0 unspecified atom stereocenters. The van der Waals surface area contributed by atoms with Crippen molar-refractivity contribution in [2.24, 2.45) is 0 Å². The highest BCUT2D eigenvalue weighted by molar-refractivity contribution is 9.10. The van der Waals surface area contributed by atoms with Crippen LogP contribution in [-0.4, -0.2) is 10.9 Å². The van der Waals surface area contributed by atoms with E-state index >= 15 is 0 Å². The van der Waals surface area contributed by atoms with E-state index in [2.05, 4.69) is 26.2 Å². The Kier molecular flexibility index (Phi) is 3.93. The van der Waals surface area contributed by atoms with Crippen molar-refractivity contribution in [3.05, 3.63) is 57.5 Å². The number of carbonyl (C=O) groups excluding carboxylic acids is 1. The summed E-state index contributed by atoms with van der Waals surface area (Å²) in [6.07, 6.45) is 0.957. The lowest BCUT2D eigenvalue weighted by molar-refractivity contribution is 0.102. The molecule has 0 aliphatic heterocycles. The number of halogens is 3. The van der Waals surface area contributed by atoms with Gasteiger partial charge >= 0.3 is 0 Å². The van der Waals surface area contributed by atoms with Gasteiger partial charge in [0.15, 0.2) is 0 Å². The van der Waals surface area contributed by atoms with Crippen molar-refractivity contribution in [1.82, 2.24) is 4.98 Å². The molecule has 0 saturated heterocycles. The third-order valence-corrected chi connectivity index (χ3v) is 2.98. The van der Waals surface area contributed by atoms with Gasteiger partial charge in [-0.3, -0.25) is 4.79 Å². The highest BCUT2D eigenvalue weighted by Crippen LogP contribution is 2.18. The maximum absolute atomic E-state index is 13.0. The molecule has 0 radical (unpaired) electrons. The van der Waals surface area contributed by atoms with Crippen LogP contribution in [0.5, 0.6) is 0 Å². The first-order chi connectivity index (χ1) is 8.56. The Morgan fingerprint density at radius 2 is 2.00 bits per heavy atom. The van der Waals surface area contributed by atoms with Gasteiger partial charge in [0.1, 0.15) is 11.0 Å². The number of hydrogen-bond donors (Lipinski definition) is 1. The fourth-order valence-electron chi connectivity index (χ4n) is 1.31. The zero-order valence-corrected chi connectivity index (χ0v) is 11.3. The first kappa shape index (κ1) is 13.0. The summed E-state index contributed by atoms with van der Waals surface area (Å²) in [6, 6.07) is 8.02. The maximum atomic E-state index is 13.0. The molecule has 0 fully saturated rings. The Bertz CT molecular complexity index is 589. The molecule has 0 bridgehead atoms. The van der Waals surface area contributed by atoms with Gasteiger partial charge in [-0.1, -0.05) is 27.5 Å². The van der Waals surface area contributed by atoms with E-state index in [1.165, 1.54) is 0 Å². The second kappa shape index (κ2) is 5.46. The van der Waals surface area contributed by atoms with Crippen molar-refractivity contribution >= 4 is 39.1 Å². The highest BCUT2D eigenvalue weighted by atomic mass is 79.9. The Labute approximate surface area is 116 Å². The minimum atomic E-state index is -0.611. The van der Waals surface area contributed by atoms with Crippen molar-refractivity contribution in [2.75, 3.05) is 5.32 Å². The van der Waals surface area contributed by atoms with E-state index in [9.17, 15) is 9.18 Å². The third kappa shape index (κ3) is 3.05. The van der Waals surface area contributed by atoms with Crippen molar-refractivity contribution in [1.29, 1.82) is 0 Å². The molecule has 2 aromatic rings. The van der Waals surface area contributed by atoms with Gasteiger partial charge in [0.05, 0.1) is 11.8 Å². The third-order valence-electron chi connectivity index (χ3n) is 2.15. The number of nitrogens with zero attached hydrogens (tertiary/aromatic N) is 1. The van der Waals surface area contributed by atoms with E-state index in [0.717, 1.165) is 16.7 Å².